The van der Waals surface area contributed by atoms with Gasteiger partial charge in [0.25, 0.3) is 0 Å². The molecule has 1 aromatic rings. The summed E-state index contributed by atoms with van der Waals surface area (Å²) in [6.45, 7) is -3.09. The zero-order chi connectivity index (χ0) is 9.19. The van der Waals surface area contributed by atoms with E-state index < -0.39 is 13.3 Å². The Labute approximate surface area is 118 Å². The molecule has 0 radical (unpaired) electrons. The fraction of sp³-hybridized carbons (Fsp3) is 0.286. The van der Waals surface area contributed by atoms with Crippen molar-refractivity contribution in [3.63, 3.8) is 0 Å². The average Bonchev–Trinajstić information content (AvgIpc) is 1.82. The molecule has 0 aliphatic rings. The van der Waals surface area contributed by atoms with Crippen molar-refractivity contribution >= 4 is 6.98 Å². The van der Waals surface area contributed by atoms with E-state index in [1.807, 2.05) is 0 Å². The maximum atomic E-state index is 11.9. The van der Waals surface area contributed by atoms with Crippen LogP contribution in [-0.4, -0.2) is 12.0 Å². The summed E-state index contributed by atoms with van der Waals surface area (Å²) in [6, 6.07) is 4.65. The van der Waals surface area contributed by atoms with E-state index in [1.165, 1.54) is 6.07 Å². The Morgan fingerprint density at radius 2 is 1.92 bits per heavy atom. The maximum absolute atomic E-state index is 11.9. The molecule has 0 atom stereocenters. The molecule has 0 aliphatic heterocycles. The molecule has 0 aromatic carbocycles. The standard InChI is InChI=1S/C7H8BF3N.K/c1-6-3-2-4-7(12-6)5-8(9,10)11;/h2-4H,5H2,1H3;/q-1;+1. The largest absolute Gasteiger partial charge is 1.00 e. The van der Waals surface area contributed by atoms with Gasteiger partial charge in [0.2, 0.25) is 0 Å². The molecular weight excluding hydrogens is 205 g/mol. The van der Waals surface area contributed by atoms with Crippen molar-refractivity contribution in [2.45, 2.75) is 13.2 Å². The van der Waals surface area contributed by atoms with Crippen molar-refractivity contribution in [2.75, 3.05) is 0 Å². The van der Waals surface area contributed by atoms with Gasteiger partial charge < -0.3 is 12.9 Å². The third-order valence-electron chi connectivity index (χ3n) is 1.39. The number of aryl methyl sites for hydroxylation is 1. The Kier molecular flexibility index (Phi) is 5.78. The third kappa shape index (κ3) is 5.85. The zero-order valence-electron chi connectivity index (χ0n) is 7.60. The fourth-order valence-corrected chi connectivity index (χ4v) is 0.950. The van der Waals surface area contributed by atoms with Gasteiger partial charge in [-0.2, -0.15) is 0 Å². The van der Waals surface area contributed by atoms with Crippen molar-refractivity contribution in [1.29, 1.82) is 0 Å². The van der Waals surface area contributed by atoms with Crippen LogP contribution in [-0.2, 0) is 6.32 Å². The first-order chi connectivity index (χ1) is 5.47. The summed E-state index contributed by atoms with van der Waals surface area (Å²) in [5.41, 5.74) is 0.718. The average molecular weight is 213 g/mol. The molecule has 0 saturated carbocycles. The molecule has 6 heteroatoms. The quantitative estimate of drug-likeness (QED) is 0.593. The molecule has 13 heavy (non-hydrogen) atoms. The molecule has 0 amide bonds. The Bertz CT molecular complexity index is 277. The zero-order valence-corrected chi connectivity index (χ0v) is 10.7. The smallest absolute Gasteiger partial charge is 0.449 e. The minimum Gasteiger partial charge on any atom is -0.449 e. The molecule has 1 rings (SSSR count). The van der Waals surface area contributed by atoms with Crippen LogP contribution < -0.4 is 51.4 Å². The van der Waals surface area contributed by atoms with Crippen LogP contribution >= 0.6 is 0 Å². The first-order valence-corrected chi connectivity index (χ1v) is 3.61. The van der Waals surface area contributed by atoms with Gasteiger partial charge in [-0.1, -0.05) is 6.07 Å². The molecule has 1 aromatic heterocycles. The normalized spacial score (nSPS) is 10.8. The Hall–Kier alpha value is 0.641. The van der Waals surface area contributed by atoms with E-state index >= 15 is 0 Å². The maximum Gasteiger partial charge on any atom is 1.00 e. The number of nitrogens with zero attached hydrogens (tertiary/aromatic N) is 1. The van der Waals surface area contributed by atoms with E-state index in [2.05, 4.69) is 4.98 Å². The number of hydrogen-bond donors (Lipinski definition) is 0. The second-order valence-corrected chi connectivity index (χ2v) is 2.68. The molecule has 0 spiro atoms. The monoisotopic (exact) mass is 213 g/mol. The van der Waals surface area contributed by atoms with Crippen LogP contribution in [0.1, 0.15) is 11.4 Å². The summed E-state index contributed by atoms with van der Waals surface area (Å²) >= 11 is 0. The molecule has 0 bridgehead atoms. The van der Waals surface area contributed by atoms with Crippen LogP contribution in [0.5, 0.6) is 0 Å². The minimum atomic E-state index is -4.76. The summed E-state index contributed by atoms with van der Waals surface area (Å²) < 4.78 is 35.7. The molecule has 0 N–H and O–H groups in total. The van der Waals surface area contributed by atoms with Crippen LogP contribution in [0.2, 0.25) is 0 Å². The second-order valence-electron chi connectivity index (χ2n) is 2.68. The van der Waals surface area contributed by atoms with E-state index in [4.69, 9.17) is 0 Å². The molecule has 0 fully saturated rings. The summed E-state index contributed by atoms with van der Waals surface area (Å²) in [6.07, 6.45) is -0.887. The first-order valence-electron chi connectivity index (χ1n) is 3.61. The topological polar surface area (TPSA) is 12.9 Å². The van der Waals surface area contributed by atoms with Gasteiger partial charge in [-0.3, -0.25) is 4.98 Å². The molecule has 0 unspecified atom stereocenters. The molecule has 0 aliphatic carbocycles. The third-order valence-corrected chi connectivity index (χ3v) is 1.39. The predicted octanol–water partition coefficient (Wildman–Crippen LogP) is -0.677. The molecule has 66 valence electrons. The van der Waals surface area contributed by atoms with E-state index in [1.54, 1.807) is 19.1 Å². The Balaban J connectivity index is 0.00000144. The minimum absolute atomic E-state index is 0. The summed E-state index contributed by atoms with van der Waals surface area (Å²) in [4.78, 5) is 3.75. The Morgan fingerprint density at radius 3 is 2.38 bits per heavy atom. The van der Waals surface area contributed by atoms with Gasteiger partial charge in [-0.25, -0.2) is 0 Å². The van der Waals surface area contributed by atoms with Crippen molar-refractivity contribution in [3.8, 4) is 0 Å². The number of aromatic nitrogens is 1. The molecule has 1 nitrogen and oxygen atoms in total. The Morgan fingerprint density at radius 1 is 1.31 bits per heavy atom. The van der Waals surface area contributed by atoms with E-state index in [-0.39, 0.29) is 57.1 Å². The van der Waals surface area contributed by atoms with E-state index in [0.717, 1.165) is 0 Å². The number of hydrogen-bond acceptors (Lipinski definition) is 1. The van der Waals surface area contributed by atoms with Crippen LogP contribution in [0, 0.1) is 6.92 Å². The van der Waals surface area contributed by atoms with Crippen molar-refractivity contribution in [1.82, 2.24) is 4.98 Å². The molecular formula is C7H8BF3KN. The van der Waals surface area contributed by atoms with E-state index in [0.29, 0.717) is 5.69 Å². The van der Waals surface area contributed by atoms with Crippen LogP contribution in [0.25, 0.3) is 0 Å². The van der Waals surface area contributed by atoms with Gasteiger partial charge in [0.1, 0.15) is 0 Å². The summed E-state index contributed by atoms with van der Waals surface area (Å²) in [7, 11) is 0. The SMILES string of the molecule is Cc1cccc(C[B-](F)(F)F)n1.[K+]. The van der Waals surface area contributed by atoms with Crippen molar-refractivity contribution in [2.24, 2.45) is 0 Å². The summed E-state index contributed by atoms with van der Waals surface area (Å²) in [5.74, 6) is 0. The van der Waals surface area contributed by atoms with Gasteiger partial charge >= 0.3 is 58.4 Å². The second kappa shape index (κ2) is 5.50. The molecule has 0 saturated heterocycles. The van der Waals surface area contributed by atoms with Gasteiger partial charge in [0.05, 0.1) is 0 Å². The fourth-order valence-electron chi connectivity index (χ4n) is 0.950. The number of halogens is 3. The summed E-state index contributed by atoms with van der Waals surface area (Å²) in [5, 5.41) is 0. The number of rotatable bonds is 2. The van der Waals surface area contributed by atoms with Crippen LogP contribution in [0.3, 0.4) is 0 Å². The van der Waals surface area contributed by atoms with Gasteiger partial charge in [-0.05, 0) is 25.4 Å². The predicted molar refractivity (Wildman–Crippen MR) is 41.8 cm³/mol. The van der Waals surface area contributed by atoms with Gasteiger partial charge in [-0.15, -0.1) is 0 Å². The van der Waals surface area contributed by atoms with Crippen molar-refractivity contribution in [3.05, 3.63) is 29.6 Å². The van der Waals surface area contributed by atoms with E-state index in [9.17, 15) is 12.9 Å². The van der Waals surface area contributed by atoms with Gasteiger partial charge in [0.15, 0.2) is 0 Å². The first kappa shape index (κ1) is 13.6. The molecule has 1 heterocycles. The number of pyridine rings is 1. The van der Waals surface area contributed by atoms with Crippen LogP contribution in [0.15, 0.2) is 18.2 Å². The van der Waals surface area contributed by atoms with Crippen molar-refractivity contribution < 1.29 is 64.3 Å². The van der Waals surface area contributed by atoms with Gasteiger partial charge in [0, 0.05) is 11.4 Å². The van der Waals surface area contributed by atoms with Crippen LogP contribution in [0.4, 0.5) is 12.9 Å².